The van der Waals surface area contributed by atoms with Crippen molar-refractivity contribution in [2.75, 3.05) is 13.7 Å². The number of ether oxygens (including phenoxy) is 2. The monoisotopic (exact) mass is 466 g/mol. The van der Waals surface area contributed by atoms with Crippen LogP contribution >= 0.6 is 15.9 Å². The van der Waals surface area contributed by atoms with E-state index in [1.54, 1.807) is 7.11 Å². The van der Waals surface area contributed by atoms with Crippen LogP contribution in [0.5, 0.6) is 11.5 Å². The first-order chi connectivity index (χ1) is 14.5. The van der Waals surface area contributed by atoms with Crippen molar-refractivity contribution in [2.24, 2.45) is 17.1 Å². The van der Waals surface area contributed by atoms with Gasteiger partial charge in [0.25, 0.3) is 0 Å². The van der Waals surface area contributed by atoms with Gasteiger partial charge in [-0.1, -0.05) is 13.0 Å². The number of benzene rings is 1. The van der Waals surface area contributed by atoms with Crippen molar-refractivity contribution in [3.05, 3.63) is 45.1 Å². The van der Waals surface area contributed by atoms with E-state index in [-0.39, 0.29) is 17.2 Å². The highest BCUT2D eigenvalue weighted by Crippen LogP contribution is 2.57. The Morgan fingerprint density at radius 2 is 2.00 bits per heavy atom. The fourth-order valence-electron chi connectivity index (χ4n) is 4.51. The number of nitriles is 3. The van der Waals surface area contributed by atoms with Gasteiger partial charge in [-0.3, -0.25) is 0 Å². The third-order valence-corrected chi connectivity index (χ3v) is 6.45. The van der Waals surface area contributed by atoms with Crippen LogP contribution in [0.15, 0.2) is 39.5 Å². The van der Waals surface area contributed by atoms with Gasteiger partial charge in [-0.15, -0.1) is 0 Å². The van der Waals surface area contributed by atoms with Crippen LogP contribution in [0.1, 0.15) is 44.1 Å². The Bertz CT molecular complexity index is 1020. The van der Waals surface area contributed by atoms with Crippen molar-refractivity contribution in [3.63, 3.8) is 0 Å². The molecule has 2 atom stereocenters. The molecule has 0 aromatic heterocycles. The molecule has 1 aromatic rings. The Hall–Kier alpha value is -2.95. The second kappa shape index (κ2) is 8.82. The van der Waals surface area contributed by atoms with Gasteiger partial charge >= 0.3 is 0 Å². The number of hydrogen-bond donors (Lipinski definition) is 1. The maximum absolute atomic E-state index is 10.1. The van der Waals surface area contributed by atoms with Crippen LogP contribution in [-0.4, -0.2) is 13.7 Å². The highest BCUT2D eigenvalue weighted by molar-refractivity contribution is 9.10. The van der Waals surface area contributed by atoms with Gasteiger partial charge in [0, 0.05) is 5.92 Å². The van der Waals surface area contributed by atoms with Gasteiger partial charge in [-0.05, 0) is 70.8 Å². The first kappa shape index (κ1) is 21.8. The summed E-state index contributed by atoms with van der Waals surface area (Å²) in [6.45, 7) is 2.55. The molecule has 154 valence electrons. The average Bonchev–Trinajstić information content (AvgIpc) is 2.77. The maximum atomic E-state index is 10.1. The van der Waals surface area contributed by atoms with Crippen molar-refractivity contribution in [1.82, 2.24) is 0 Å². The second-order valence-electron chi connectivity index (χ2n) is 7.49. The predicted molar refractivity (Wildman–Crippen MR) is 115 cm³/mol. The molecule has 0 bridgehead atoms. The van der Waals surface area contributed by atoms with Crippen LogP contribution in [0.25, 0.3) is 0 Å². The van der Waals surface area contributed by atoms with Gasteiger partial charge in [0.2, 0.25) is 0 Å². The minimum Gasteiger partial charge on any atom is -0.493 e. The molecule has 0 saturated heterocycles. The lowest BCUT2D eigenvalue weighted by Gasteiger charge is -2.43. The van der Waals surface area contributed by atoms with Gasteiger partial charge in [0.15, 0.2) is 16.9 Å². The normalized spacial score (nSPS) is 22.1. The molecule has 0 radical (unpaired) electrons. The lowest BCUT2D eigenvalue weighted by atomic mass is 9.57. The molecular formula is C23H23BrN4O2. The molecule has 2 N–H and O–H groups in total. The summed E-state index contributed by atoms with van der Waals surface area (Å²) in [4.78, 5) is 0. The molecule has 0 amide bonds. The number of halogens is 1. The zero-order valence-corrected chi connectivity index (χ0v) is 18.6. The number of methoxy groups -OCH3 is 1. The number of nitrogens with zero attached hydrogens (tertiary/aromatic N) is 3. The molecule has 6 nitrogen and oxygen atoms in total. The number of hydrogen-bond acceptors (Lipinski definition) is 6. The lowest BCUT2D eigenvalue weighted by Crippen LogP contribution is -2.42. The minimum absolute atomic E-state index is 0.0331. The summed E-state index contributed by atoms with van der Waals surface area (Å²) >= 11 is 3.56. The highest BCUT2D eigenvalue weighted by Gasteiger charge is 2.54. The van der Waals surface area contributed by atoms with E-state index in [1.807, 2.05) is 25.1 Å². The number of fused-ring (bicyclic) bond motifs is 1. The highest BCUT2D eigenvalue weighted by atomic mass is 79.9. The van der Waals surface area contributed by atoms with Crippen molar-refractivity contribution in [1.29, 1.82) is 15.8 Å². The third-order valence-electron chi connectivity index (χ3n) is 5.86. The molecule has 1 aromatic carbocycles. The van der Waals surface area contributed by atoms with E-state index >= 15 is 0 Å². The van der Waals surface area contributed by atoms with Crippen molar-refractivity contribution < 1.29 is 9.47 Å². The summed E-state index contributed by atoms with van der Waals surface area (Å²) in [7, 11) is 1.56. The van der Waals surface area contributed by atoms with Gasteiger partial charge in [-0.25, -0.2) is 0 Å². The molecule has 0 spiro atoms. The molecule has 0 fully saturated rings. The Morgan fingerprint density at radius 1 is 1.27 bits per heavy atom. The van der Waals surface area contributed by atoms with E-state index in [0.29, 0.717) is 22.6 Å². The molecule has 0 unspecified atom stereocenters. The second-order valence-corrected chi connectivity index (χ2v) is 8.34. The van der Waals surface area contributed by atoms with Gasteiger partial charge in [0.05, 0.1) is 41.6 Å². The molecule has 2 aliphatic rings. The van der Waals surface area contributed by atoms with Gasteiger partial charge in [-0.2, -0.15) is 15.8 Å². The van der Waals surface area contributed by atoms with Crippen LogP contribution in [0, 0.1) is 45.3 Å². The molecular weight excluding hydrogens is 444 g/mol. The van der Waals surface area contributed by atoms with E-state index in [4.69, 9.17) is 15.2 Å². The smallest absolute Gasteiger partial charge is 0.191 e. The molecule has 0 aliphatic heterocycles. The standard InChI is InChI=1S/C23H23BrN4O2/c1-3-8-30-21-18(24)9-14(10-19(21)29-2)20-16-7-5-4-6-15(16)17(11-25)22(28)23(20,12-26)13-27/h6,9-10,16,20H,3-5,7-8,28H2,1-2H3/t16-,20+/m1/s1. The quantitative estimate of drug-likeness (QED) is 0.663. The van der Waals surface area contributed by atoms with Crippen molar-refractivity contribution >= 4 is 15.9 Å². The topological polar surface area (TPSA) is 116 Å². The van der Waals surface area contributed by atoms with Gasteiger partial charge in [0.1, 0.15) is 6.07 Å². The molecule has 0 heterocycles. The van der Waals surface area contributed by atoms with E-state index < -0.39 is 11.3 Å². The maximum Gasteiger partial charge on any atom is 0.191 e. The predicted octanol–water partition coefficient (Wildman–Crippen LogP) is 4.84. The minimum atomic E-state index is -1.64. The van der Waals surface area contributed by atoms with Crippen LogP contribution < -0.4 is 15.2 Å². The van der Waals surface area contributed by atoms with E-state index in [9.17, 15) is 15.8 Å². The zero-order chi connectivity index (χ0) is 21.9. The molecule has 30 heavy (non-hydrogen) atoms. The zero-order valence-electron chi connectivity index (χ0n) is 17.0. The van der Waals surface area contributed by atoms with Crippen molar-refractivity contribution in [3.8, 4) is 29.7 Å². The van der Waals surface area contributed by atoms with E-state index in [2.05, 4.69) is 34.1 Å². The Labute approximate surface area is 185 Å². The SMILES string of the molecule is CCCOc1c(Br)cc([C@H]2[C@@H]3CCCC=C3C(C#N)=C(N)C2(C#N)C#N)cc1OC. The summed E-state index contributed by atoms with van der Waals surface area (Å²) in [5, 5.41) is 30.0. The van der Waals surface area contributed by atoms with Crippen LogP contribution in [0.4, 0.5) is 0 Å². The van der Waals surface area contributed by atoms with Crippen molar-refractivity contribution in [2.45, 2.75) is 38.5 Å². The number of nitrogens with two attached hydrogens (primary N) is 1. The Balaban J connectivity index is 2.27. The summed E-state index contributed by atoms with van der Waals surface area (Å²) in [5.41, 5.74) is 6.59. The summed E-state index contributed by atoms with van der Waals surface area (Å²) in [6, 6.07) is 10.2. The number of rotatable bonds is 5. The van der Waals surface area contributed by atoms with Crippen LogP contribution in [-0.2, 0) is 0 Å². The number of allylic oxidation sites excluding steroid dienone is 4. The lowest BCUT2D eigenvalue weighted by molar-refractivity contribution is 0.289. The molecule has 3 rings (SSSR count). The summed E-state index contributed by atoms with van der Waals surface area (Å²) < 4.78 is 12.1. The van der Waals surface area contributed by atoms with E-state index in [1.165, 1.54) is 0 Å². The summed E-state index contributed by atoms with van der Waals surface area (Å²) in [5.74, 6) is 0.423. The molecule has 0 saturated carbocycles. The first-order valence-corrected chi connectivity index (χ1v) is 10.7. The summed E-state index contributed by atoms with van der Waals surface area (Å²) in [6.07, 6.45) is 5.41. The van der Waals surface area contributed by atoms with E-state index in [0.717, 1.165) is 36.8 Å². The van der Waals surface area contributed by atoms with Crippen LogP contribution in [0.3, 0.4) is 0 Å². The Morgan fingerprint density at radius 3 is 2.60 bits per heavy atom. The van der Waals surface area contributed by atoms with Gasteiger partial charge < -0.3 is 15.2 Å². The molecule has 2 aliphatic carbocycles. The Kier molecular flexibility index (Phi) is 6.40. The average molecular weight is 467 g/mol. The third kappa shape index (κ3) is 3.32. The fourth-order valence-corrected chi connectivity index (χ4v) is 5.09. The molecule has 7 heteroatoms. The largest absolute Gasteiger partial charge is 0.493 e. The first-order valence-electron chi connectivity index (χ1n) is 9.92. The fraction of sp³-hybridized carbons (Fsp3) is 0.435. The van der Waals surface area contributed by atoms with Crippen LogP contribution in [0.2, 0.25) is 0 Å².